The van der Waals surface area contributed by atoms with Gasteiger partial charge in [-0.1, -0.05) is 23.7 Å². The van der Waals surface area contributed by atoms with Crippen molar-refractivity contribution in [1.29, 1.82) is 5.26 Å². The van der Waals surface area contributed by atoms with Crippen LogP contribution in [-0.2, 0) is 14.1 Å². The van der Waals surface area contributed by atoms with Gasteiger partial charge in [-0.15, -0.1) is 0 Å². The van der Waals surface area contributed by atoms with Gasteiger partial charge in [0, 0.05) is 19.1 Å². The van der Waals surface area contributed by atoms with E-state index in [1.807, 2.05) is 0 Å². The predicted molar refractivity (Wildman–Crippen MR) is 90.7 cm³/mol. The second-order valence-corrected chi connectivity index (χ2v) is 5.95. The summed E-state index contributed by atoms with van der Waals surface area (Å²) in [6, 6.07) is 8.88. The highest BCUT2D eigenvalue weighted by Crippen LogP contribution is 2.38. The van der Waals surface area contributed by atoms with Gasteiger partial charge in [-0.25, -0.2) is 4.79 Å². The molecule has 0 unspecified atom stereocenters. The Kier molecular flexibility index (Phi) is 3.70. The Morgan fingerprint density at radius 1 is 1.21 bits per heavy atom. The van der Waals surface area contributed by atoms with E-state index in [1.54, 1.807) is 24.3 Å². The van der Waals surface area contributed by atoms with Gasteiger partial charge in [-0.3, -0.25) is 13.9 Å². The van der Waals surface area contributed by atoms with Gasteiger partial charge >= 0.3 is 5.69 Å². The normalized spacial score (nSPS) is 16.3. The van der Waals surface area contributed by atoms with Gasteiger partial charge in [0.25, 0.3) is 5.56 Å². The van der Waals surface area contributed by atoms with Crippen molar-refractivity contribution in [3.8, 4) is 6.07 Å². The Morgan fingerprint density at radius 3 is 2.42 bits per heavy atom. The zero-order valence-corrected chi connectivity index (χ0v) is 13.8. The van der Waals surface area contributed by atoms with Crippen LogP contribution in [0.4, 0.5) is 5.82 Å². The monoisotopic (exact) mass is 343 g/mol. The predicted octanol–water partition coefficient (Wildman–Crippen LogP) is 0.989. The molecule has 0 saturated heterocycles. The molecule has 1 aromatic carbocycles. The van der Waals surface area contributed by atoms with Crippen LogP contribution in [0.2, 0.25) is 5.02 Å². The first-order valence-electron chi connectivity index (χ1n) is 7.09. The van der Waals surface area contributed by atoms with Gasteiger partial charge in [0.05, 0.1) is 23.1 Å². The minimum absolute atomic E-state index is 0.119. The molecule has 0 fully saturated rings. The molecular weight excluding hydrogens is 330 g/mol. The molecule has 2 heterocycles. The average Bonchev–Trinajstić information content (AvgIpc) is 2.57. The second kappa shape index (κ2) is 5.58. The Balaban J connectivity index is 2.41. The standard InChI is InChI=1S/C16H14ClN5O2/c1-21-14-12(15(23)22(2)16(21)24)11(10(7-18)13(19)20-14)8-3-5-9(17)6-4-8/h3-6,11,20H,19H2,1-2H3/t11-/m1/s1. The van der Waals surface area contributed by atoms with Crippen molar-refractivity contribution in [3.63, 3.8) is 0 Å². The maximum atomic E-state index is 12.7. The highest BCUT2D eigenvalue weighted by molar-refractivity contribution is 6.30. The highest BCUT2D eigenvalue weighted by atomic mass is 35.5. The number of nitrogens with two attached hydrogens (primary N) is 1. The summed E-state index contributed by atoms with van der Waals surface area (Å²) in [4.78, 5) is 24.9. The molecule has 1 aliphatic rings. The number of nitriles is 1. The van der Waals surface area contributed by atoms with Gasteiger partial charge in [-0.2, -0.15) is 5.26 Å². The average molecular weight is 344 g/mol. The summed E-state index contributed by atoms with van der Waals surface area (Å²) >= 11 is 5.93. The van der Waals surface area contributed by atoms with Gasteiger partial charge in [0.1, 0.15) is 11.6 Å². The van der Waals surface area contributed by atoms with E-state index in [2.05, 4.69) is 11.4 Å². The molecule has 1 atom stereocenters. The molecule has 2 aromatic rings. The zero-order chi connectivity index (χ0) is 17.6. The van der Waals surface area contributed by atoms with Gasteiger partial charge in [-0.05, 0) is 17.7 Å². The van der Waals surface area contributed by atoms with Crippen LogP contribution < -0.4 is 22.3 Å². The van der Waals surface area contributed by atoms with Crippen LogP contribution in [0.5, 0.6) is 0 Å². The maximum Gasteiger partial charge on any atom is 0.332 e. The van der Waals surface area contributed by atoms with Crippen molar-refractivity contribution >= 4 is 17.4 Å². The summed E-state index contributed by atoms with van der Waals surface area (Å²) in [5.41, 5.74) is 6.23. The minimum Gasteiger partial charge on any atom is -0.384 e. The first-order valence-corrected chi connectivity index (χ1v) is 7.46. The van der Waals surface area contributed by atoms with Gasteiger partial charge in [0.15, 0.2) is 0 Å². The summed E-state index contributed by atoms with van der Waals surface area (Å²) in [6.07, 6.45) is 0. The van der Waals surface area contributed by atoms with Crippen LogP contribution in [-0.4, -0.2) is 9.13 Å². The van der Waals surface area contributed by atoms with Crippen LogP contribution >= 0.6 is 11.6 Å². The third-order valence-corrected chi connectivity index (χ3v) is 4.40. The number of allylic oxidation sites excluding steroid dienone is 1. The number of nitrogens with one attached hydrogen (secondary N) is 1. The fourth-order valence-corrected chi connectivity index (χ4v) is 3.02. The van der Waals surface area contributed by atoms with Crippen molar-refractivity contribution in [1.82, 2.24) is 9.13 Å². The lowest BCUT2D eigenvalue weighted by Crippen LogP contribution is -2.43. The fraction of sp³-hybridized carbons (Fsp3) is 0.188. The molecule has 0 radical (unpaired) electrons. The Labute approximate surface area is 142 Å². The largest absolute Gasteiger partial charge is 0.384 e. The molecule has 7 nitrogen and oxygen atoms in total. The molecule has 122 valence electrons. The lowest BCUT2D eigenvalue weighted by Gasteiger charge is -2.28. The first-order chi connectivity index (χ1) is 11.4. The van der Waals surface area contributed by atoms with Crippen LogP contribution in [0.3, 0.4) is 0 Å². The Hall–Kier alpha value is -2.98. The maximum absolute atomic E-state index is 12.7. The topological polar surface area (TPSA) is 106 Å². The number of anilines is 1. The zero-order valence-electron chi connectivity index (χ0n) is 13.0. The third kappa shape index (κ3) is 2.20. The van der Waals surface area contributed by atoms with Crippen molar-refractivity contribution < 1.29 is 0 Å². The highest BCUT2D eigenvalue weighted by Gasteiger charge is 2.33. The van der Waals surface area contributed by atoms with Crippen LogP contribution in [0.1, 0.15) is 17.0 Å². The van der Waals surface area contributed by atoms with Gasteiger partial charge < -0.3 is 11.1 Å². The molecular formula is C16H14ClN5O2. The molecule has 1 aliphatic heterocycles. The summed E-state index contributed by atoms with van der Waals surface area (Å²) in [5, 5.41) is 12.9. The number of halogens is 1. The van der Waals surface area contributed by atoms with E-state index in [4.69, 9.17) is 17.3 Å². The van der Waals surface area contributed by atoms with E-state index in [0.717, 1.165) is 4.57 Å². The third-order valence-electron chi connectivity index (χ3n) is 4.14. The molecule has 8 heteroatoms. The first kappa shape index (κ1) is 15.9. The summed E-state index contributed by atoms with van der Waals surface area (Å²) in [6.45, 7) is 0. The van der Waals surface area contributed by atoms with Crippen LogP contribution in [0.25, 0.3) is 0 Å². The van der Waals surface area contributed by atoms with E-state index in [9.17, 15) is 14.9 Å². The number of nitrogens with zero attached hydrogens (tertiary/aromatic N) is 3. The smallest absolute Gasteiger partial charge is 0.332 e. The van der Waals surface area contributed by atoms with Crippen LogP contribution in [0.15, 0.2) is 45.2 Å². The molecule has 3 rings (SSSR count). The number of hydrogen-bond donors (Lipinski definition) is 2. The van der Waals surface area contributed by atoms with E-state index in [1.165, 1.54) is 18.7 Å². The summed E-state index contributed by atoms with van der Waals surface area (Å²) in [7, 11) is 2.94. The number of benzene rings is 1. The van der Waals surface area contributed by atoms with E-state index >= 15 is 0 Å². The number of hydrogen-bond acceptors (Lipinski definition) is 5. The molecule has 0 saturated carbocycles. The number of aromatic nitrogens is 2. The van der Waals surface area contributed by atoms with Crippen molar-refractivity contribution in [2.75, 3.05) is 5.32 Å². The van der Waals surface area contributed by atoms with E-state index in [0.29, 0.717) is 22.0 Å². The van der Waals surface area contributed by atoms with Gasteiger partial charge in [0.2, 0.25) is 0 Å². The fourth-order valence-electron chi connectivity index (χ4n) is 2.89. The molecule has 1 aromatic heterocycles. The number of rotatable bonds is 1. The summed E-state index contributed by atoms with van der Waals surface area (Å²) in [5.74, 6) is -0.262. The van der Waals surface area contributed by atoms with Crippen LogP contribution in [0, 0.1) is 11.3 Å². The quantitative estimate of drug-likeness (QED) is 0.803. The minimum atomic E-state index is -0.672. The molecule has 0 amide bonds. The van der Waals surface area contributed by atoms with Crippen molar-refractivity contribution in [3.05, 3.63) is 72.6 Å². The lowest BCUT2D eigenvalue weighted by atomic mass is 9.84. The Morgan fingerprint density at radius 2 is 1.83 bits per heavy atom. The van der Waals surface area contributed by atoms with E-state index < -0.39 is 17.2 Å². The van der Waals surface area contributed by atoms with Crippen molar-refractivity contribution in [2.45, 2.75) is 5.92 Å². The Bertz CT molecular complexity index is 1020. The SMILES string of the molecule is Cn1c2c(c(=O)n(C)c1=O)[C@H](c1ccc(Cl)cc1)C(C#N)=C(N)N2. The van der Waals surface area contributed by atoms with E-state index in [-0.39, 0.29) is 11.4 Å². The van der Waals surface area contributed by atoms with Crippen molar-refractivity contribution in [2.24, 2.45) is 19.8 Å². The summed E-state index contributed by atoms with van der Waals surface area (Å²) < 4.78 is 2.32. The molecule has 0 spiro atoms. The molecule has 24 heavy (non-hydrogen) atoms. The number of fused-ring (bicyclic) bond motifs is 1. The second-order valence-electron chi connectivity index (χ2n) is 5.52. The lowest BCUT2D eigenvalue weighted by molar-refractivity contribution is 0.664. The molecule has 0 bridgehead atoms. The molecule has 0 aliphatic carbocycles. The molecule has 3 N–H and O–H groups in total.